The van der Waals surface area contributed by atoms with Gasteiger partial charge in [0.1, 0.15) is 23.1 Å². The van der Waals surface area contributed by atoms with E-state index in [2.05, 4.69) is 27.8 Å². The van der Waals surface area contributed by atoms with Gasteiger partial charge in [0.15, 0.2) is 0 Å². The number of pyridine rings is 2. The third-order valence-corrected chi connectivity index (χ3v) is 6.94. The van der Waals surface area contributed by atoms with Crippen LogP contribution in [0.1, 0.15) is 24.2 Å². The molecule has 5 rings (SSSR count). The van der Waals surface area contributed by atoms with Gasteiger partial charge in [-0.25, -0.2) is 9.37 Å². The Kier molecular flexibility index (Phi) is 4.75. The van der Waals surface area contributed by atoms with Crippen molar-refractivity contribution in [1.29, 1.82) is 5.26 Å². The number of aryl methyl sites for hydroxylation is 1. The number of likely N-dealkylation sites (tertiary alicyclic amines) is 1. The number of anilines is 1. The molecule has 3 unspecified atom stereocenters. The molecule has 7 heteroatoms. The van der Waals surface area contributed by atoms with E-state index in [0.29, 0.717) is 23.0 Å². The average Bonchev–Trinajstić information content (AvgIpc) is 3.35. The fourth-order valence-electron chi connectivity index (χ4n) is 5.11. The summed E-state index contributed by atoms with van der Waals surface area (Å²) in [6.45, 7) is 5.84. The fourth-order valence-corrected chi connectivity index (χ4v) is 5.11. The van der Waals surface area contributed by atoms with Gasteiger partial charge in [0, 0.05) is 45.3 Å². The van der Waals surface area contributed by atoms with Crippen molar-refractivity contribution in [2.24, 2.45) is 18.9 Å². The Bertz CT molecular complexity index is 1230. The largest absolute Gasteiger partial charge is 0.369 e. The summed E-state index contributed by atoms with van der Waals surface area (Å²) < 4.78 is 14.8. The SMILES string of the molecule is CC(c1ccc(F)cc1)N1CC2CN(c3cc(=O)n(C)c4ccc(C#N)nc34)CC2C1. The lowest BCUT2D eigenvalue weighted by Gasteiger charge is -2.28. The molecule has 31 heavy (non-hydrogen) atoms. The first kappa shape index (κ1) is 19.7. The zero-order valence-corrected chi connectivity index (χ0v) is 17.6. The molecule has 1 aromatic carbocycles. The molecule has 0 N–H and O–H groups in total. The third-order valence-electron chi connectivity index (χ3n) is 6.94. The van der Waals surface area contributed by atoms with E-state index in [9.17, 15) is 14.4 Å². The minimum atomic E-state index is -0.209. The molecule has 0 amide bonds. The van der Waals surface area contributed by atoms with Gasteiger partial charge in [0.05, 0.1) is 11.2 Å². The number of halogens is 1. The molecular weight excluding hydrogens is 393 g/mol. The van der Waals surface area contributed by atoms with E-state index < -0.39 is 0 Å². The quantitative estimate of drug-likeness (QED) is 0.655. The van der Waals surface area contributed by atoms with Gasteiger partial charge in [-0.2, -0.15) is 5.26 Å². The van der Waals surface area contributed by atoms with Crippen molar-refractivity contribution < 1.29 is 4.39 Å². The number of nitriles is 1. The monoisotopic (exact) mass is 417 g/mol. The number of benzene rings is 1. The van der Waals surface area contributed by atoms with E-state index in [1.54, 1.807) is 29.8 Å². The van der Waals surface area contributed by atoms with E-state index in [-0.39, 0.29) is 17.4 Å². The molecule has 6 nitrogen and oxygen atoms in total. The number of hydrogen-bond donors (Lipinski definition) is 0. The smallest absolute Gasteiger partial charge is 0.252 e. The minimum Gasteiger partial charge on any atom is -0.369 e. The minimum absolute atomic E-state index is 0.0716. The summed E-state index contributed by atoms with van der Waals surface area (Å²) in [6.07, 6.45) is 0. The van der Waals surface area contributed by atoms with Crippen molar-refractivity contribution in [3.8, 4) is 6.07 Å². The lowest BCUT2D eigenvalue weighted by atomic mass is 10.0. The van der Waals surface area contributed by atoms with Crippen molar-refractivity contribution in [2.75, 3.05) is 31.1 Å². The van der Waals surface area contributed by atoms with Gasteiger partial charge >= 0.3 is 0 Å². The van der Waals surface area contributed by atoms with Crippen LogP contribution < -0.4 is 10.5 Å². The summed E-state index contributed by atoms with van der Waals surface area (Å²) >= 11 is 0. The Balaban J connectivity index is 1.39. The molecule has 2 fully saturated rings. The van der Waals surface area contributed by atoms with Crippen LogP contribution in [-0.2, 0) is 7.05 Å². The molecule has 158 valence electrons. The number of nitrogens with zero attached hydrogens (tertiary/aromatic N) is 5. The van der Waals surface area contributed by atoms with Crippen LogP contribution in [0.15, 0.2) is 47.3 Å². The van der Waals surface area contributed by atoms with Crippen LogP contribution in [-0.4, -0.2) is 40.6 Å². The summed E-state index contributed by atoms with van der Waals surface area (Å²) in [4.78, 5) is 21.8. The summed E-state index contributed by atoms with van der Waals surface area (Å²) in [6, 6.07) is 14.2. The van der Waals surface area contributed by atoms with Crippen LogP contribution in [0.25, 0.3) is 11.0 Å². The number of hydrogen-bond acceptors (Lipinski definition) is 5. The molecule has 4 heterocycles. The molecule has 3 atom stereocenters. The van der Waals surface area contributed by atoms with E-state index in [1.807, 2.05) is 12.1 Å². The number of fused-ring (bicyclic) bond motifs is 2. The molecule has 2 saturated heterocycles. The number of rotatable bonds is 3. The van der Waals surface area contributed by atoms with Gasteiger partial charge < -0.3 is 9.47 Å². The predicted octanol–water partition coefficient (Wildman–Crippen LogP) is 3.07. The first-order valence-corrected chi connectivity index (χ1v) is 10.6. The third kappa shape index (κ3) is 3.37. The Morgan fingerprint density at radius 2 is 1.77 bits per heavy atom. The lowest BCUT2D eigenvalue weighted by Crippen LogP contribution is -2.31. The second kappa shape index (κ2) is 7.47. The Labute approximate surface area is 180 Å². The van der Waals surface area contributed by atoms with Gasteiger partial charge in [-0.05, 0) is 48.6 Å². The molecule has 0 bridgehead atoms. The molecule has 2 aliphatic heterocycles. The molecule has 3 aromatic rings. The summed E-state index contributed by atoms with van der Waals surface area (Å²) in [5.74, 6) is 0.793. The van der Waals surface area contributed by atoms with E-state index in [4.69, 9.17) is 0 Å². The van der Waals surface area contributed by atoms with E-state index in [1.165, 1.54) is 12.1 Å². The maximum atomic E-state index is 13.3. The predicted molar refractivity (Wildman–Crippen MR) is 117 cm³/mol. The highest BCUT2D eigenvalue weighted by Gasteiger charge is 2.42. The highest BCUT2D eigenvalue weighted by molar-refractivity contribution is 5.88. The lowest BCUT2D eigenvalue weighted by molar-refractivity contribution is 0.246. The fraction of sp³-hybridized carbons (Fsp3) is 0.375. The molecule has 0 spiro atoms. The van der Waals surface area contributed by atoms with Crippen molar-refractivity contribution in [1.82, 2.24) is 14.5 Å². The van der Waals surface area contributed by atoms with Gasteiger partial charge in [0.25, 0.3) is 5.56 Å². The van der Waals surface area contributed by atoms with Gasteiger partial charge in [-0.1, -0.05) is 12.1 Å². The van der Waals surface area contributed by atoms with Crippen LogP contribution in [0.2, 0.25) is 0 Å². The first-order chi connectivity index (χ1) is 14.9. The molecule has 2 aliphatic rings. The Morgan fingerprint density at radius 3 is 2.42 bits per heavy atom. The standard InChI is InChI=1S/C24H24FN5O/c1-15(16-3-5-19(25)6-4-16)29-11-17-13-30(14-18(17)12-29)22-9-23(31)28(2)21-8-7-20(10-26)27-24(21)22/h3-9,15,17-18H,11-14H2,1-2H3. The second-order valence-electron chi connectivity index (χ2n) is 8.71. The highest BCUT2D eigenvalue weighted by Crippen LogP contribution is 2.38. The van der Waals surface area contributed by atoms with Crippen LogP contribution in [0, 0.1) is 29.0 Å². The maximum absolute atomic E-state index is 13.3. The molecule has 0 radical (unpaired) electrons. The van der Waals surface area contributed by atoms with E-state index >= 15 is 0 Å². The van der Waals surface area contributed by atoms with Gasteiger partial charge in [-0.3, -0.25) is 9.69 Å². The Morgan fingerprint density at radius 1 is 1.10 bits per heavy atom. The second-order valence-corrected chi connectivity index (χ2v) is 8.71. The zero-order chi connectivity index (χ0) is 21.7. The molecule has 0 saturated carbocycles. The summed E-state index contributed by atoms with van der Waals surface area (Å²) in [5, 5.41) is 9.28. The van der Waals surface area contributed by atoms with Crippen LogP contribution in [0.5, 0.6) is 0 Å². The molecular formula is C24H24FN5O. The topological polar surface area (TPSA) is 65.2 Å². The summed E-state index contributed by atoms with van der Waals surface area (Å²) in [5.41, 5.74) is 3.68. The highest BCUT2D eigenvalue weighted by atomic mass is 19.1. The van der Waals surface area contributed by atoms with Crippen LogP contribution >= 0.6 is 0 Å². The average molecular weight is 417 g/mol. The Hall–Kier alpha value is -3.24. The molecule has 0 aliphatic carbocycles. The van der Waals surface area contributed by atoms with E-state index in [0.717, 1.165) is 42.9 Å². The maximum Gasteiger partial charge on any atom is 0.252 e. The van der Waals surface area contributed by atoms with Crippen molar-refractivity contribution >= 4 is 16.7 Å². The van der Waals surface area contributed by atoms with Gasteiger partial charge in [-0.15, -0.1) is 0 Å². The van der Waals surface area contributed by atoms with Crippen molar-refractivity contribution in [2.45, 2.75) is 13.0 Å². The van der Waals surface area contributed by atoms with Crippen LogP contribution in [0.3, 0.4) is 0 Å². The van der Waals surface area contributed by atoms with Gasteiger partial charge in [0.2, 0.25) is 0 Å². The zero-order valence-electron chi connectivity index (χ0n) is 17.6. The normalized spacial score (nSPS) is 21.9. The number of aromatic nitrogens is 2. The molecule has 2 aromatic heterocycles. The van der Waals surface area contributed by atoms with Crippen molar-refractivity contribution in [3.05, 3.63) is 69.9 Å². The first-order valence-electron chi connectivity index (χ1n) is 10.6. The van der Waals surface area contributed by atoms with Crippen molar-refractivity contribution in [3.63, 3.8) is 0 Å². The van der Waals surface area contributed by atoms with Crippen LogP contribution in [0.4, 0.5) is 10.1 Å². The summed E-state index contributed by atoms with van der Waals surface area (Å²) in [7, 11) is 1.73.